The molecular weight excluding hydrogens is 311 g/mol. The van der Waals surface area contributed by atoms with Gasteiger partial charge in [-0.15, -0.1) is 0 Å². The van der Waals surface area contributed by atoms with Crippen molar-refractivity contribution in [3.05, 3.63) is 45.3 Å². The molecule has 1 aromatic carbocycles. The lowest BCUT2D eigenvalue weighted by Crippen LogP contribution is -1.99. The van der Waals surface area contributed by atoms with Crippen molar-refractivity contribution in [1.29, 1.82) is 0 Å². The molecule has 0 saturated heterocycles. The number of aromatic nitrogens is 2. The second-order valence-corrected chi connectivity index (χ2v) is 4.85. The molecule has 0 fully saturated rings. The van der Waals surface area contributed by atoms with Crippen molar-refractivity contribution in [3.8, 4) is 11.6 Å². The van der Waals surface area contributed by atoms with Gasteiger partial charge in [-0.25, -0.2) is 4.98 Å². The minimum absolute atomic E-state index is 0.243. The van der Waals surface area contributed by atoms with Crippen LogP contribution in [0.1, 0.15) is 5.82 Å². The Balaban J connectivity index is 2.27. The van der Waals surface area contributed by atoms with Gasteiger partial charge in [0.25, 0.3) is 0 Å². The second-order valence-electron chi connectivity index (χ2n) is 3.59. The molecule has 0 saturated carbocycles. The molecule has 0 aliphatic rings. The van der Waals surface area contributed by atoms with Crippen LogP contribution >= 0.6 is 34.8 Å². The molecule has 0 unspecified atom stereocenters. The van der Waals surface area contributed by atoms with Crippen molar-refractivity contribution in [1.82, 2.24) is 9.97 Å². The van der Waals surface area contributed by atoms with Gasteiger partial charge in [0.2, 0.25) is 5.88 Å². The monoisotopic (exact) mass is 318 g/mol. The quantitative estimate of drug-likeness (QED) is 0.785. The number of halogens is 3. The molecule has 2 aromatic rings. The van der Waals surface area contributed by atoms with Crippen LogP contribution in [-0.2, 0) is 11.3 Å². The maximum absolute atomic E-state index is 5.89. The fraction of sp³-hybridized carbons (Fsp3) is 0.167. The predicted octanol–water partition coefficient (Wildman–Crippen LogP) is 4.38. The number of rotatable bonds is 4. The Morgan fingerprint density at radius 2 is 1.68 bits per heavy atom. The van der Waals surface area contributed by atoms with Crippen molar-refractivity contribution in [3.63, 3.8) is 0 Å². The summed E-state index contributed by atoms with van der Waals surface area (Å²) in [5.74, 6) is 1.19. The SMILES string of the molecule is COCc1nc(Cl)cc(Oc2cc(Cl)cc(Cl)c2)n1. The summed E-state index contributed by atoms with van der Waals surface area (Å²) in [4.78, 5) is 8.15. The molecule has 0 amide bonds. The standard InChI is InChI=1S/C12H9Cl3N2O2/c1-18-6-11-16-10(15)5-12(17-11)19-9-3-7(13)2-8(14)4-9/h2-5H,6H2,1H3. The molecule has 0 bridgehead atoms. The van der Waals surface area contributed by atoms with E-state index in [1.54, 1.807) is 25.3 Å². The molecule has 1 aromatic heterocycles. The molecule has 0 spiro atoms. The summed E-state index contributed by atoms with van der Waals surface area (Å²) in [5.41, 5.74) is 0. The van der Waals surface area contributed by atoms with Crippen LogP contribution < -0.4 is 4.74 Å². The zero-order chi connectivity index (χ0) is 13.8. The summed E-state index contributed by atoms with van der Waals surface area (Å²) in [6.45, 7) is 0.243. The smallest absolute Gasteiger partial charge is 0.224 e. The molecule has 0 aliphatic carbocycles. The van der Waals surface area contributed by atoms with Gasteiger partial charge in [-0.1, -0.05) is 34.8 Å². The zero-order valence-corrected chi connectivity index (χ0v) is 12.1. The Morgan fingerprint density at radius 1 is 1.00 bits per heavy atom. The van der Waals surface area contributed by atoms with E-state index in [2.05, 4.69) is 9.97 Å². The normalized spacial score (nSPS) is 10.5. The Morgan fingerprint density at radius 3 is 2.32 bits per heavy atom. The third kappa shape index (κ3) is 4.21. The highest BCUT2D eigenvalue weighted by Crippen LogP contribution is 2.28. The van der Waals surface area contributed by atoms with Crippen LogP contribution in [-0.4, -0.2) is 17.1 Å². The Labute approximate surface area is 125 Å². The van der Waals surface area contributed by atoms with Crippen LogP contribution in [0.3, 0.4) is 0 Å². The first kappa shape index (κ1) is 14.3. The molecule has 100 valence electrons. The van der Waals surface area contributed by atoms with Gasteiger partial charge in [0, 0.05) is 23.2 Å². The second kappa shape index (κ2) is 6.39. The van der Waals surface area contributed by atoms with Crippen LogP contribution in [0.5, 0.6) is 11.6 Å². The van der Waals surface area contributed by atoms with E-state index in [1.807, 2.05) is 0 Å². The Hall–Kier alpha value is -1.07. The molecule has 1 heterocycles. The number of hydrogen-bond acceptors (Lipinski definition) is 4. The van der Waals surface area contributed by atoms with Crippen molar-refractivity contribution < 1.29 is 9.47 Å². The lowest BCUT2D eigenvalue weighted by atomic mass is 10.3. The molecule has 19 heavy (non-hydrogen) atoms. The van der Waals surface area contributed by atoms with Gasteiger partial charge in [0.1, 0.15) is 17.5 Å². The number of benzene rings is 1. The summed E-state index contributed by atoms with van der Waals surface area (Å²) in [6, 6.07) is 6.35. The maximum Gasteiger partial charge on any atom is 0.224 e. The van der Waals surface area contributed by atoms with E-state index >= 15 is 0 Å². The van der Waals surface area contributed by atoms with Gasteiger partial charge < -0.3 is 9.47 Å². The van der Waals surface area contributed by atoms with Crippen molar-refractivity contribution >= 4 is 34.8 Å². The maximum atomic E-state index is 5.89. The van der Waals surface area contributed by atoms with E-state index < -0.39 is 0 Å². The summed E-state index contributed by atoms with van der Waals surface area (Å²) in [5, 5.41) is 1.21. The molecule has 2 rings (SSSR count). The number of nitrogens with zero attached hydrogens (tertiary/aromatic N) is 2. The minimum atomic E-state index is 0.243. The van der Waals surface area contributed by atoms with E-state index in [4.69, 9.17) is 44.3 Å². The largest absolute Gasteiger partial charge is 0.439 e. The Kier molecular flexibility index (Phi) is 4.82. The molecule has 0 atom stereocenters. The molecular formula is C12H9Cl3N2O2. The van der Waals surface area contributed by atoms with Gasteiger partial charge in [-0.05, 0) is 18.2 Å². The minimum Gasteiger partial charge on any atom is -0.439 e. The van der Waals surface area contributed by atoms with E-state index in [9.17, 15) is 0 Å². The van der Waals surface area contributed by atoms with Gasteiger partial charge in [-0.3, -0.25) is 0 Å². The van der Waals surface area contributed by atoms with Crippen LogP contribution in [0.25, 0.3) is 0 Å². The van der Waals surface area contributed by atoms with Gasteiger partial charge in [-0.2, -0.15) is 4.98 Å². The first-order chi connectivity index (χ1) is 9.06. The number of methoxy groups -OCH3 is 1. The highest BCUT2D eigenvalue weighted by molar-refractivity contribution is 6.34. The molecule has 4 nitrogen and oxygen atoms in total. The number of ether oxygens (including phenoxy) is 2. The molecule has 7 heteroatoms. The van der Waals surface area contributed by atoms with Crippen molar-refractivity contribution in [2.24, 2.45) is 0 Å². The van der Waals surface area contributed by atoms with Gasteiger partial charge in [0.15, 0.2) is 5.82 Å². The van der Waals surface area contributed by atoms with E-state index in [0.29, 0.717) is 27.5 Å². The summed E-state index contributed by atoms with van der Waals surface area (Å²) >= 11 is 17.6. The average molecular weight is 320 g/mol. The zero-order valence-electron chi connectivity index (χ0n) is 9.86. The predicted molar refractivity (Wildman–Crippen MR) is 74.3 cm³/mol. The van der Waals surface area contributed by atoms with E-state index in [1.165, 1.54) is 6.07 Å². The molecule has 0 radical (unpaired) electrons. The fourth-order valence-corrected chi connectivity index (χ4v) is 2.09. The summed E-state index contributed by atoms with van der Waals surface area (Å²) in [6.07, 6.45) is 0. The summed E-state index contributed by atoms with van der Waals surface area (Å²) < 4.78 is 10.5. The highest BCUT2D eigenvalue weighted by Gasteiger charge is 2.07. The Bertz CT molecular complexity index is 573. The van der Waals surface area contributed by atoms with E-state index in [-0.39, 0.29) is 11.8 Å². The topological polar surface area (TPSA) is 44.2 Å². The third-order valence-corrected chi connectivity index (χ3v) is 2.68. The summed E-state index contributed by atoms with van der Waals surface area (Å²) in [7, 11) is 1.54. The third-order valence-electron chi connectivity index (χ3n) is 2.05. The highest BCUT2D eigenvalue weighted by atomic mass is 35.5. The van der Waals surface area contributed by atoms with Gasteiger partial charge >= 0.3 is 0 Å². The number of hydrogen-bond donors (Lipinski definition) is 0. The van der Waals surface area contributed by atoms with Crippen molar-refractivity contribution in [2.75, 3.05) is 7.11 Å². The first-order valence-corrected chi connectivity index (χ1v) is 6.36. The van der Waals surface area contributed by atoms with Crippen LogP contribution in [0.15, 0.2) is 24.3 Å². The van der Waals surface area contributed by atoms with Gasteiger partial charge in [0.05, 0.1) is 0 Å². The molecule has 0 N–H and O–H groups in total. The van der Waals surface area contributed by atoms with E-state index in [0.717, 1.165) is 0 Å². The lowest BCUT2D eigenvalue weighted by Gasteiger charge is -2.07. The van der Waals surface area contributed by atoms with Crippen molar-refractivity contribution in [2.45, 2.75) is 6.61 Å². The van der Waals surface area contributed by atoms with Crippen LogP contribution in [0, 0.1) is 0 Å². The van der Waals surface area contributed by atoms with Crippen LogP contribution in [0.2, 0.25) is 15.2 Å². The van der Waals surface area contributed by atoms with Crippen LogP contribution in [0.4, 0.5) is 0 Å². The molecule has 0 aliphatic heterocycles. The average Bonchev–Trinajstić information content (AvgIpc) is 2.26. The lowest BCUT2D eigenvalue weighted by molar-refractivity contribution is 0.177. The fourth-order valence-electron chi connectivity index (χ4n) is 1.40. The first-order valence-electron chi connectivity index (χ1n) is 5.23.